The van der Waals surface area contributed by atoms with Gasteiger partial charge in [0.2, 0.25) is 0 Å². The van der Waals surface area contributed by atoms with Crippen LogP contribution in [0, 0.1) is 16.2 Å². The first-order valence-electron chi connectivity index (χ1n) is 8.07. The van der Waals surface area contributed by atoms with E-state index in [-0.39, 0.29) is 22.3 Å². The van der Waals surface area contributed by atoms with Crippen LogP contribution in [0.5, 0.6) is 0 Å². The van der Waals surface area contributed by atoms with Crippen LogP contribution in [0.1, 0.15) is 73.1 Å². The zero-order valence-corrected chi connectivity index (χ0v) is 13.7. The monoisotopic (exact) mass is 278 g/mol. The number of hydrogen-bond acceptors (Lipinski definition) is 2. The SMILES string of the molecule is CC1(C)C[C@@]2(C)CC3=C(C[C@H](O)C(C)(C)C3)[C@@](O)(C1)C2. The predicted octanol–water partition coefficient (Wildman–Crippen LogP) is 3.82. The Labute approximate surface area is 123 Å². The van der Waals surface area contributed by atoms with Crippen molar-refractivity contribution < 1.29 is 10.2 Å². The molecule has 3 atom stereocenters. The molecule has 3 aliphatic rings. The third kappa shape index (κ3) is 2.16. The minimum Gasteiger partial charge on any atom is -0.392 e. The fraction of sp³-hybridized carbons (Fsp3) is 0.889. The first kappa shape index (κ1) is 14.6. The van der Waals surface area contributed by atoms with Crippen LogP contribution in [0.2, 0.25) is 0 Å². The Morgan fingerprint density at radius 3 is 2.25 bits per heavy atom. The Hall–Kier alpha value is -0.340. The molecule has 2 nitrogen and oxygen atoms in total. The summed E-state index contributed by atoms with van der Waals surface area (Å²) in [5.74, 6) is 0. The van der Waals surface area contributed by atoms with Crippen molar-refractivity contribution in [1.29, 1.82) is 0 Å². The highest BCUT2D eigenvalue weighted by atomic mass is 16.3. The van der Waals surface area contributed by atoms with Crippen LogP contribution < -0.4 is 0 Å². The van der Waals surface area contributed by atoms with Gasteiger partial charge in [-0.1, -0.05) is 40.2 Å². The minimum absolute atomic E-state index is 0.0489. The van der Waals surface area contributed by atoms with Crippen LogP contribution in [-0.4, -0.2) is 21.9 Å². The molecule has 0 spiro atoms. The zero-order valence-electron chi connectivity index (χ0n) is 13.7. The summed E-state index contributed by atoms with van der Waals surface area (Å²) in [5.41, 5.74) is 2.35. The molecule has 2 N–H and O–H groups in total. The number of rotatable bonds is 0. The van der Waals surface area contributed by atoms with Gasteiger partial charge < -0.3 is 10.2 Å². The Kier molecular flexibility index (Phi) is 2.84. The number of hydrogen-bond donors (Lipinski definition) is 2. The topological polar surface area (TPSA) is 40.5 Å². The quantitative estimate of drug-likeness (QED) is 0.661. The molecule has 0 unspecified atom stereocenters. The summed E-state index contributed by atoms with van der Waals surface area (Å²) in [6.07, 6.45) is 5.34. The molecule has 20 heavy (non-hydrogen) atoms. The van der Waals surface area contributed by atoms with E-state index in [1.807, 2.05) is 0 Å². The van der Waals surface area contributed by atoms with E-state index in [1.54, 1.807) is 0 Å². The summed E-state index contributed by atoms with van der Waals surface area (Å²) in [5, 5.41) is 21.8. The molecule has 0 aromatic carbocycles. The number of allylic oxidation sites excluding steroid dienone is 1. The van der Waals surface area contributed by atoms with Crippen LogP contribution in [0.3, 0.4) is 0 Å². The third-order valence-electron chi connectivity index (χ3n) is 5.99. The maximum absolute atomic E-state index is 11.3. The van der Waals surface area contributed by atoms with E-state index >= 15 is 0 Å². The second kappa shape index (κ2) is 3.89. The van der Waals surface area contributed by atoms with Crippen LogP contribution in [0.4, 0.5) is 0 Å². The summed E-state index contributed by atoms with van der Waals surface area (Å²) in [6, 6.07) is 0. The van der Waals surface area contributed by atoms with E-state index in [9.17, 15) is 10.2 Å². The number of aliphatic hydroxyl groups is 2. The van der Waals surface area contributed by atoms with Gasteiger partial charge in [0.1, 0.15) is 0 Å². The summed E-state index contributed by atoms with van der Waals surface area (Å²) in [7, 11) is 0. The van der Waals surface area contributed by atoms with Crippen molar-refractivity contribution in [2.75, 3.05) is 0 Å². The highest BCUT2D eigenvalue weighted by molar-refractivity contribution is 5.36. The molecule has 0 aliphatic heterocycles. The van der Waals surface area contributed by atoms with E-state index in [0.29, 0.717) is 6.42 Å². The van der Waals surface area contributed by atoms with Gasteiger partial charge in [0.05, 0.1) is 11.7 Å². The lowest BCUT2D eigenvalue weighted by molar-refractivity contribution is -0.0919. The van der Waals surface area contributed by atoms with E-state index in [4.69, 9.17) is 0 Å². The minimum atomic E-state index is -0.665. The first-order chi connectivity index (χ1) is 8.95. The average Bonchev–Trinajstić information content (AvgIpc) is 2.16. The van der Waals surface area contributed by atoms with Gasteiger partial charge in [-0.2, -0.15) is 0 Å². The highest BCUT2D eigenvalue weighted by Gasteiger charge is 2.56. The van der Waals surface area contributed by atoms with Gasteiger partial charge in [-0.15, -0.1) is 0 Å². The number of fused-ring (bicyclic) bond motifs is 3. The molecule has 0 radical (unpaired) electrons. The molecular weight excluding hydrogens is 248 g/mol. The molecule has 1 saturated carbocycles. The third-order valence-corrected chi connectivity index (χ3v) is 5.99. The highest BCUT2D eigenvalue weighted by Crippen LogP contribution is 2.62. The Morgan fingerprint density at radius 1 is 0.950 bits per heavy atom. The summed E-state index contributed by atoms with van der Waals surface area (Å²) in [4.78, 5) is 0. The molecular formula is C18H30O2. The van der Waals surface area contributed by atoms with Gasteiger partial charge in [-0.3, -0.25) is 0 Å². The summed E-state index contributed by atoms with van der Waals surface area (Å²) in [6.45, 7) is 11.2. The van der Waals surface area contributed by atoms with Gasteiger partial charge in [0, 0.05) is 0 Å². The fourth-order valence-corrected chi connectivity index (χ4v) is 5.77. The van der Waals surface area contributed by atoms with E-state index in [0.717, 1.165) is 25.7 Å². The molecule has 0 aromatic rings. The molecule has 0 heterocycles. The second-order valence-corrected chi connectivity index (χ2v) is 9.68. The van der Waals surface area contributed by atoms with Gasteiger partial charge in [-0.05, 0) is 60.3 Å². The van der Waals surface area contributed by atoms with Gasteiger partial charge >= 0.3 is 0 Å². The molecule has 3 rings (SSSR count). The molecule has 2 bridgehead atoms. The molecule has 3 aliphatic carbocycles. The Bertz CT molecular complexity index is 474. The Balaban J connectivity index is 2.06. The van der Waals surface area contributed by atoms with Crippen molar-refractivity contribution in [3.8, 4) is 0 Å². The normalized spacial score (nSPS) is 46.0. The lowest BCUT2D eigenvalue weighted by Crippen LogP contribution is -2.54. The largest absolute Gasteiger partial charge is 0.392 e. The molecule has 0 amide bonds. The molecule has 0 saturated heterocycles. The van der Waals surface area contributed by atoms with E-state index in [1.165, 1.54) is 17.6 Å². The smallest absolute Gasteiger partial charge is 0.0870 e. The number of aliphatic hydroxyl groups excluding tert-OH is 1. The van der Waals surface area contributed by atoms with Crippen LogP contribution in [0.15, 0.2) is 11.1 Å². The lowest BCUT2D eigenvalue weighted by atomic mass is 9.49. The van der Waals surface area contributed by atoms with Crippen molar-refractivity contribution in [2.24, 2.45) is 16.2 Å². The fourth-order valence-electron chi connectivity index (χ4n) is 5.77. The Morgan fingerprint density at radius 2 is 1.60 bits per heavy atom. The van der Waals surface area contributed by atoms with Crippen LogP contribution in [0.25, 0.3) is 0 Å². The van der Waals surface area contributed by atoms with Crippen molar-refractivity contribution >= 4 is 0 Å². The van der Waals surface area contributed by atoms with Crippen molar-refractivity contribution in [3.63, 3.8) is 0 Å². The molecule has 0 aromatic heterocycles. The van der Waals surface area contributed by atoms with Gasteiger partial charge in [0.25, 0.3) is 0 Å². The van der Waals surface area contributed by atoms with E-state index < -0.39 is 5.60 Å². The summed E-state index contributed by atoms with van der Waals surface area (Å²) < 4.78 is 0. The molecule has 2 heteroatoms. The molecule has 1 fully saturated rings. The van der Waals surface area contributed by atoms with Crippen molar-refractivity contribution in [2.45, 2.75) is 84.8 Å². The van der Waals surface area contributed by atoms with Crippen LogP contribution >= 0.6 is 0 Å². The van der Waals surface area contributed by atoms with Crippen molar-refractivity contribution in [1.82, 2.24) is 0 Å². The average molecular weight is 278 g/mol. The predicted molar refractivity (Wildman–Crippen MR) is 81.4 cm³/mol. The maximum atomic E-state index is 11.3. The maximum Gasteiger partial charge on any atom is 0.0870 e. The van der Waals surface area contributed by atoms with Gasteiger partial charge in [0.15, 0.2) is 0 Å². The first-order valence-corrected chi connectivity index (χ1v) is 8.07. The standard InChI is InChI=1S/C18H30O2/c1-15(2)9-17(5)8-12-7-16(3,4)14(19)6-13(12)18(20,10-15)11-17/h14,19-20H,6-11H2,1-5H3/t14-,17+,18+/m0/s1. The van der Waals surface area contributed by atoms with E-state index in [2.05, 4.69) is 34.6 Å². The summed E-state index contributed by atoms with van der Waals surface area (Å²) >= 11 is 0. The van der Waals surface area contributed by atoms with Gasteiger partial charge in [-0.25, -0.2) is 0 Å². The second-order valence-electron chi connectivity index (χ2n) is 9.68. The molecule has 114 valence electrons. The van der Waals surface area contributed by atoms with Crippen molar-refractivity contribution in [3.05, 3.63) is 11.1 Å². The van der Waals surface area contributed by atoms with Crippen LogP contribution in [-0.2, 0) is 0 Å². The lowest BCUT2D eigenvalue weighted by Gasteiger charge is -2.58. The zero-order chi connectivity index (χ0) is 15.0.